The van der Waals surface area contributed by atoms with E-state index in [1.807, 2.05) is 7.05 Å². The van der Waals surface area contributed by atoms with Crippen LogP contribution in [0.25, 0.3) is 0 Å². The minimum Gasteiger partial charge on any atom is -0.337 e. The van der Waals surface area contributed by atoms with Crippen LogP contribution in [-0.2, 0) is 13.6 Å². The summed E-state index contributed by atoms with van der Waals surface area (Å²) in [4.78, 5) is 5.75. The molecule has 1 aromatic heterocycles. The van der Waals surface area contributed by atoms with E-state index in [1.54, 1.807) is 21.9 Å². The molecule has 0 amide bonds. The Labute approximate surface area is 134 Å². The first kappa shape index (κ1) is 17.6. The Morgan fingerprint density at radius 2 is 2.09 bits per heavy atom. The van der Waals surface area contributed by atoms with Gasteiger partial charge in [0.1, 0.15) is 5.82 Å². The third kappa shape index (κ3) is 3.75. The van der Waals surface area contributed by atoms with Gasteiger partial charge in [-0.2, -0.15) is 13.2 Å². The second-order valence-corrected chi connectivity index (χ2v) is 6.31. The summed E-state index contributed by atoms with van der Waals surface area (Å²) in [6.07, 6.45) is 2.08. The molecule has 1 saturated heterocycles. The summed E-state index contributed by atoms with van der Waals surface area (Å²) < 4.78 is 40.5. The number of aromatic nitrogens is 2. The molecule has 0 radical (unpaired) electrons. The average Bonchev–Trinajstić information content (AvgIpc) is 2.93. The molecule has 1 saturated carbocycles. The van der Waals surface area contributed by atoms with Crippen LogP contribution in [0.4, 0.5) is 13.2 Å². The normalized spacial score (nSPS) is 23.6. The number of aryl methyl sites for hydroxylation is 1. The smallest absolute Gasteiger partial charge is 0.337 e. The van der Waals surface area contributed by atoms with Crippen LogP contribution in [-0.4, -0.2) is 46.3 Å². The molecule has 22 heavy (non-hydrogen) atoms. The predicted molar refractivity (Wildman–Crippen MR) is 79.9 cm³/mol. The fraction of sp³-hybridized carbons (Fsp3) is 0.786. The Balaban J connectivity index is 0.00000176. The molecule has 8 heteroatoms. The van der Waals surface area contributed by atoms with Gasteiger partial charge in [0.15, 0.2) is 0 Å². The zero-order valence-electron chi connectivity index (χ0n) is 12.6. The highest BCUT2D eigenvalue weighted by molar-refractivity contribution is 5.85. The molecule has 4 nitrogen and oxygen atoms in total. The second kappa shape index (κ2) is 6.37. The highest BCUT2D eigenvalue weighted by Crippen LogP contribution is 2.56. The van der Waals surface area contributed by atoms with Gasteiger partial charge in [-0.1, -0.05) is 0 Å². The number of imidazole rings is 1. The maximum Gasteiger partial charge on any atom is 0.401 e. The van der Waals surface area contributed by atoms with Gasteiger partial charge in [0, 0.05) is 25.5 Å². The highest BCUT2D eigenvalue weighted by Gasteiger charge is 2.57. The first-order chi connectivity index (χ1) is 9.90. The standard InChI is InChI=1S/C14H21F3N4.ClH/c1-20-7-6-19-12(20)9-21(10-14(15,16)17)11-8-13(11)2-4-18-5-3-13;/h6-7,11,18H,2-5,8-10H2,1H3;1H. The van der Waals surface area contributed by atoms with Crippen LogP contribution in [0.15, 0.2) is 12.4 Å². The average molecular weight is 339 g/mol. The van der Waals surface area contributed by atoms with Crippen molar-refractivity contribution in [3.63, 3.8) is 0 Å². The van der Waals surface area contributed by atoms with Gasteiger partial charge in [-0.05, 0) is 37.8 Å². The third-order valence-electron chi connectivity index (χ3n) is 4.83. The molecule has 0 bridgehead atoms. The van der Waals surface area contributed by atoms with Crippen molar-refractivity contribution >= 4 is 12.4 Å². The van der Waals surface area contributed by atoms with Crippen LogP contribution in [0.3, 0.4) is 0 Å². The highest BCUT2D eigenvalue weighted by atomic mass is 35.5. The fourth-order valence-corrected chi connectivity index (χ4v) is 3.54. The number of rotatable bonds is 4. The number of piperidine rings is 1. The summed E-state index contributed by atoms with van der Waals surface area (Å²) in [5, 5.41) is 3.29. The number of nitrogens with one attached hydrogen (secondary N) is 1. The van der Waals surface area contributed by atoms with Crippen LogP contribution in [0.1, 0.15) is 25.1 Å². The molecule has 1 unspecified atom stereocenters. The molecule has 3 rings (SSSR count). The van der Waals surface area contributed by atoms with E-state index in [2.05, 4.69) is 10.3 Å². The SMILES string of the molecule is Cl.Cn1ccnc1CN(CC(F)(F)F)C1CC12CCNCC2. The first-order valence-electron chi connectivity index (χ1n) is 7.37. The lowest BCUT2D eigenvalue weighted by Crippen LogP contribution is -2.40. The summed E-state index contributed by atoms with van der Waals surface area (Å²) in [5.74, 6) is 0.690. The van der Waals surface area contributed by atoms with Crippen LogP contribution in [0.2, 0.25) is 0 Å². The first-order valence-corrected chi connectivity index (χ1v) is 7.37. The Morgan fingerprint density at radius 3 is 2.64 bits per heavy atom. The Hall–Kier alpha value is -0.790. The molecule has 0 aromatic carbocycles. The molecule has 1 N–H and O–H groups in total. The third-order valence-corrected chi connectivity index (χ3v) is 4.83. The summed E-state index contributed by atoms with van der Waals surface area (Å²) in [6.45, 7) is 1.25. The lowest BCUT2D eigenvalue weighted by molar-refractivity contribution is -0.150. The molecule has 2 aliphatic rings. The molecular weight excluding hydrogens is 317 g/mol. The molecule has 1 aliphatic heterocycles. The minimum absolute atomic E-state index is 0. The van der Waals surface area contributed by atoms with Gasteiger partial charge in [0.25, 0.3) is 0 Å². The summed E-state index contributed by atoms with van der Waals surface area (Å²) in [6, 6.07) is 0.0397. The van der Waals surface area contributed by atoms with E-state index in [0.717, 1.165) is 32.4 Å². The van der Waals surface area contributed by atoms with E-state index < -0.39 is 12.7 Å². The molecule has 126 valence electrons. The van der Waals surface area contributed by atoms with Gasteiger partial charge >= 0.3 is 6.18 Å². The molecule has 2 heterocycles. The lowest BCUT2D eigenvalue weighted by Gasteiger charge is -2.29. The number of hydrogen-bond donors (Lipinski definition) is 1. The van der Waals surface area contributed by atoms with E-state index in [-0.39, 0.29) is 30.4 Å². The number of nitrogens with zero attached hydrogens (tertiary/aromatic N) is 3. The minimum atomic E-state index is -4.16. The molecule has 1 aromatic rings. The van der Waals surface area contributed by atoms with Gasteiger partial charge in [0.05, 0.1) is 13.1 Å². The molecule has 1 atom stereocenters. The number of hydrogen-bond acceptors (Lipinski definition) is 3. The Morgan fingerprint density at radius 1 is 1.41 bits per heavy atom. The van der Waals surface area contributed by atoms with Gasteiger partial charge in [-0.25, -0.2) is 4.98 Å². The van der Waals surface area contributed by atoms with Crippen molar-refractivity contribution in [3.05, 3.63) is 18.2 Å². The maximum absolute atomic E-state index is 12.9. The monoisotopic (exact) mass is 338 g/mol. The molecule has 2 fully saturated rings. The van der Waals surface area contributed by atoms with Crippen molar-refractivity contribution in [2.24, 2.45) is 12.5 Å². The topological polar surface area (TPSA) is 33.1 Å². The molecule has 1 aliphatic carbocycles. The van der Waals surface area contributed by atoms with Crippen LogP contribution in [0.5, 0.6) is 0 Å². The lowest BCUT2D eigenvalue weighted by atomic mass is 9.93. The largest absolute Gasteiger partial charge is 0.401 e. The van der Waals surface area contributed by atoms with Crippen molar-refractivity contribution in [1.29, 1.82) is 0 Å². The summed E-state index contributed by atoms with van der Waals surface area (Å²) >= 11 is 0. The Bertz CT molecular complexity index is 497. The van der Waals surface area contributed by atoms with Gasteiger partial charge in [0.2, 0.25) is 0 Å². The van der Waals surface area contributed by atoms with Crippen molar-refractivity contribution in [1.82, 2.24) is 19.8 Å². The Kier molecular flexibility index (Phi) is 5.09. The van der Waals surface area contributed by atoms with Crippen molar-refractivity contribution < 1.29 is 13.2 Å². The van der Waals surface area contributed by atoms with Gasteiger partial charge < -0.3 is 9.88 Å². The predicted octanol–water partition coefficient (Wildman–Crippen LogP) is 2.35. The van der Waals surface area contributed by atoms with Gasteiger partial charge in [-0.15, -0.1) is 12.4 Å². The van der Waals surface area contributed by atoms with E-state index in [1.165, 1.54) is 0 Å². The van der Waals surface area contributed by atoms with E-state index in [9.17, 15) is 13.2 Å². The summed E-state index contributed by atoms with van der Waals surface area (Å²) in [5.41, 5.74) is 0.0989. The summed E-state index contributed by atoms with van der Waals surface area (Å²) in [7, 11) is 1.82. The van der Waals surface area contributed by atoms with E-state index in [0.29, 0.717) is 5.82 Å². The van der Waals surface area contributed by atoms with Crippen molar-refractivity contribution in [2.75, 3.05) is 19.6 Å². The number of alkyl halides is 3. The molecule has 1 spiro atoms. The van der Waals surface area contributed by atoms with Crippen molar-refractivity contribution in [2.45, 2.75) is 38.0 Å². The van der Waals surface area contributed by atoms with Gasteiger partial charge in [-0.3, -0.25) is 4.90 Å². The van der Waals surface area contributed by atoms with Crippen LogP contribution in [0, 0.1) is 5.41 Å². The second-order valence-electron chi connectivity index (χ2n) is 6.31. The molecular formula is C14H22ClF3N4. The zero-order valence-corrected chi connectivity index (χ0v) is 13.4. The quantitative estimate of drug-likeness (QED) is 0.915. The number of halogens is 4. The fourth-order valence-electron chi connectivity index (χ4n) is 3.54. The van der Waals surface area contributed by atoms with E-state index >= 15 is 0 Å². The van der Waals surface area contributed by atoms with Crippen molar-refractivity contribution in [3.8, 4) is 0 Å². The zero-order chi connectivity index (χ0) is 15.1. The van der Waals surface area contributed by atoms with Crippen LogP contribution < -0.4 is 5.32 Å². The maximum atomic E-state index is 12.9. The van der Waals surface area contributed by atoms with Crippen LogP contribution >= 0.6 is 12.4 Å². The van der Waals surface area contributed by atoms with E-state index in [4.69, 9.17) is 0 Å².